The number of hydrogen-bond donors (Lipinski definition) is 0. The average Bonchev–Trinajstić information content (AvgIpc) is 3.62. The Morgan fingerprint density at radius 3 is 1.74 bits per heavy atom. The van der Waals surface area contributed by atoms with E-state index in [-0.39, 0.29) is 0 Å². The first-order valence-corrected chi connectivity index (χ1v) is 18.2. The van der Waals surface area contributed by atoms with E-state index in [9.17, 15) is 0 Å². The van der Waals surface area contributed by atoms with Crippen molar-refractivity contribution in [3.63, 3.8) is 0 Å². The molecule has 0 aliphatic heterocycles. The van der Waals surface area contributed by atoms with Gasteiger partial charge in [-0.2, -0.15) is 0 Å². The molecule has 1 heterocycles. The lowest BCUT2D eigenvalue weighted by Gasteiger charge is -2.26. The second kappa shape index (κ2) is 12.7. The van der Waals surface area contributed by atoms with Crippen LogP contribution in [0.5, 0.6) is 0 Å². The van der Waals surface area contributed by atoms with Gasteiger partial charge in [-0.1, -0.05) is 152 Å². The van der Waals surface area contributed by atoms with Crippen LogP contribution in [0.4, 0.5) is 17.1 Å². The summed E-state index contributed by atoms with van der Waals surface area (Å²) in [5.74, 6) is 0. The number of fused-ring (bicyclic) bond motifs is 5. The van der Waals surface area contributed by atoms with Crippen LogP contribution in [0.1, 0.15) is 5.56 Å². The van der Waals surface area contributed by atoms with Gasteiger partial charge in [0.15, 0.2) is 0 Å². The van der Waals surface area contributed by atoms with Gasteiger partial charge >= 0.3 is 0 Å². The fourth-order valence-electron chi connectivity index (χ4n) is 7.89. The van der Waals surface area contributed by atoms with E-state index in [1.54, 1.807) is 0 Å². The zero-order chi connectivity index (χ0) is 35.3. The molecule has 0 fully saturated rings. The Morgan fingerprint density at radius 2 is 0.925 bits per heavy atom. The third-order valence-electron chi connectivity index (χ3n) is 10.6. The van der Waals surface area contributed by atoms with E-state index in [1.807, 2.05) is 0 Å². The highest BCUT2D eigenvalue weighted by Gasteiger charge is 2.17. The summed E-state index contributed by atoms with van der Waals surface area (Å²) in [6, 6.07) is 69.9. The van der Waals surface area contributed by atoms with Gasteiger partial charge in [0.25, 0.3) is 0 Å². The maximum atomic E-state index is 6.53. The Kier molecular flexibility index (Phi) is 7.40. The lowest BCUT2D eigenvalue weighted by molar-refractivity contribution is 0.667. The molecular weight excluding hydrogens is 643 g/mol. The molecule has 0 aliphatic rings. The van der Waals surface area contributed by atoms with Crippen molar-refractivity contribution in [1.29, 1.82) is 0 Å². The predicted molar refractivity (Wildman–Crippen MR) is 224 cm³/mol. The molecule has 0 aliphatic carbocycles. The van der Waals surface area contributed by atoms with Crippen molar-refractivity contribution in [2.24, 2.45) is 0 Å². The van der Waals surface area contributed by atoms with E-state index in [0.717, 1.165) is 55.7 Å². The van der Waals surface area contributed by atoms with E-state index >= 15 is 0 Å². The highest BCUT2D eigenvalue weighted by molar-refractivity contribution is 6.10. The van der Waals surface area contributed by atoms with Crippen LogP contribution in [0.2, 0.25) is 0 Å². The van der Waals surface area contributed by atoms with Gasteiger partial charge in [0.2, 0.25) is 0 Å². The lowest BCUT2D eigenvalue weighted by Crippen LogP contribution is -2.10. The third kappa shape index (κ3) is 5.44. The minimum Gasteiger partial charge on any atom is -0.455 e. The largest absolute Gasteiger partial charge is 0.455 e. The van der Waals surface area contributed by atoms with Crippen LogP contribution in [0, 0.1) is 6.92 Å². The van der Waals surface area contributed by atoms with Crippen molar-refractivity contribution in [3.8, 4) is 33.4 Å². The molecule has 250 valence electrons. The summed E-state index contributed by atoms with van der Waals surface area (Å²) in [5, 5.41) is 7.28. The van der Waals surface area contributed by atoms with E-state index < -0.39 is 0 Å². The highest BCUT2D eigenvalue weighted by Crippen LogP contribution is 2.41. The number of rotatable bonds is 6. The molecule has 0 saturated heterocycles. The Balaban J connectivity index is 1.08. The van der Waals surface area contributed by atoms with Gasteiger partial charge in [-0.3, -0.25) is 0 Å². The molecule has 1 aromatic heterocycles. The van der Waals surface area contributed by atoms with Crippen LogP contribution in [0.3, 0.4) is 0 Å². The molecule has 0 atom stereocenters. The molecule has 10 aromatic rings. The highest BCUT2D eigenvalue weighted by atomic mass is 16.3. The van der Waals surface area contributed by atoms with Crippen LogP contribution >= 0.6 is 0 Å². The zero-order valence-electron chi connectivity index (χ0n) is 29.3. The lowest BCUT2D eigenvalue weighted by atomic mass is 9.97. The van der Waals surface area contributed by atoms with E-state index in [1.165, 1.54) is 43.8 Å². The average molecular weight is 678 g/mol. The van der Waals surface area contributed by atoms with E-state index in [2.05, 4.69) is 206 Å². The Labute approximate surface area is 308 Å². The topological polar surface area (TPSA) is 16.4 Å². The first kappa shape index (κ1) is 30.9. The number of benzene rings is 9. The summed E-state index contributed by atoms with van der Waals surface area (Å²) in [4.78, 5) is 2.35. The van der Waals surface area contributed by atoms with Gasteiger partial charge in [-0.05, 0) is 104 Å². The molecule has 0 radical (unpaired) electrons. The van der Waals surface area contributed by atoms with Crippen molar-refractivity contribution in [2.45, 2.75) is 6.92 Å². The maximum Gasteiger partial charge on any atom is 0.143 e. The minimum atomic E-state index is 0.925. The molecule has 0 unspecified atom stereocenters. The molecule has 2 nitrogen and oxygen atoms in total. The SMILES string of the molecule is Cc1cccc2c1oc1c(-c3ccc(N(c4ccc(-c5ccc6ccccc6c5)cc4)c4cccc(-c5cccc6ccccc56)c4)cc3)cccc12. The number of anilines is 3. The van der Waals surface area contributed by atoms with Crippen molar-refractivity contribution in [3.05, 3.63) is 200 Å². The summed E-state index contributed by atoms with van der Waals surface area (Å²) in [5.41, 5.74) is 13.3. The number of furan rings is 1. The van der Waals surface area contributed by atoms with Gasteiger partial charge in [0.1, 0.15) is 11.2 Å². The summed E-state index contributed by atoms with van der Waals surface area (Å²) in [6.07, 6.45) is 0. The fourth-order valence-corrected chi connectivity index (χ4v) is 7.89. The normalized spacial score (nSPS) is 11.5. The van der Waals surface area contributed by atoms with Crippen molar-refractivity contribution in [1.82, 2.24) is 0 Å². The van der Waals surface area contributed by atoms with Crippen LogP contribution in [0.15, 0.2) is 199 Å². The van der Waals surface area contributed by atoms with E-state index in [0.29, 0.717) is 0 Å². The summed E-state index contributed by atoms with van der Waals surface area (Å²) in [7, 11) is 0. The standard InChI is InChI=1S/C51H35NO/c1-34-10-6-20-48-49-21-9-19-47(51(49)53-50(34)48)38-26-30-43(31-27-38)52(42-28-24-36(25-29-42)40-23-22-35-11-2-3-13-39(35)32-40)44-16-7-15-41(33-44)46-18-8-14-37-12-4-5-17-45(37)46/h2-33H,1H3. The molecule has 9 aromatic carbocycles. The molecule has 0 saturated carbocycles. The monoisotopic (exact) mass is 677 g/mol. The summed E-state index contributed by atoms with van der Waals surface area (Å²) < 4.78 is 6.53. The quantitative estimate of drug-likeness (QED) is 0.174. The van der Waals surface area contributed by atoms with Crippen LogP contribution in [0.25, 0.3) is 76.9 Å². The molecule has 10 rings (SSSR count). The number of hydrogen-bond acceptors (Lipinski definition) is 2. The van der Waals surface area contributed by atoms with Gasteiger partial charge in [-0.15, -0.1) is 0 Å². The molecule has 0 amide bonds. The number of nitrogens with zero attached hydrogens (tertiary/aromatic N) is 1. The van der Waals surface area contributed by atoms with Crippen molar-refractivity contribution in [2.75, 3.05) is 4.90 Å². The Bertz CT molecular complexity index is 2950. The summed E-state index contributed by atoms with van der Waals surface area (Å²) >= 11 is 0. The molecule has 2 heteroatoms. The first-order chi connectivity index (χ1) is 26.2. The molecule has 53 heavy (non-hydrogen) atoms. The zero-order valence-corrected chi connectivity index (χ0v) is 29.3. The molecule has 0 N–H and O–H groups in total. The number of aryl methyl sites for hydroxylation is 1. The van der Waals surface area contributed by atoms with Crippen LogP contribution in [-0.4, -0.2) is 0 Å². The van der Waals surface area contributed by atoms with Gasteiger partial charge in [0, 0.05) is 33.4 Å². The summed E-state index contributed by atoms with van der Waals surface area (Å²) in [6.45, 7) is 2.11. The second-order valence-corrected chi connectivity index (χ2v) is 13.8. The molecule has 0 bridgehead atoms. The van der Waals surface area contributed by atoms with Gasteiger partial charge < -0.3 is 9.32 Å². The van der Waals surface area contributed by atoms with Gasteiger partial charge in [0.05, 0.1) is 0 Å². The van der Waals surface area contributed by atoms with Crippen molar-refractivity contribution >= 4 is 60.5 Å². The third-order valence-corrected chi connectivity index (χ3v) is 10.6. The smallest absolute Gasteiger partial charge is 0.143 e. The first-order valence-electron chi connectivity index (χ1n) is 18.2. The van der Waals surface area contributed by atoms with Crippen LogP contribution in [-0.2, 0) is 0 Å². The fraction of sp³-hybridized carbons (Fsp3) is 0.0196. The Morgan fingerprint density at radius 1 is 0.340 bits per heavy atom. The van der Waals surface area contributed by atoms with Gasteiger partial charge in [-0.25, -0.2) is 0 Å². The van der Waals surface area contributed by atoms with Crippen LogP contribution < -0.4 is 4.90 Å². The predicted octanol–water partition coefficient (Wildman–Crippen LogP) is 14.7. The van der Waals surface area contributed by atoms with E-state index in [4.69, 9.17) is 4.42 Å². The maximum absolute atomic E-state index is 6.53. The van der Waals surface area contributed by atoms with Crippen molar-refractivity contribution < 1.29 is 4.42 Å². The Hall–Kier alpha value is -6.90. The molecule has 0 spiro atoms. The second-order valence-electron chi connectivity index (χ2n) is 13.8. The minimum absolute atomic E-state index is 0.925. The molecular formula is C51H35NO. The number of para-hydroxylation sites is 2.